The highest BCUT2D eigenvalue weighted by atomic mass is 15.1. The molecule has 0 bridgehead atoms. The van der Waals surface area contributed by atoms with Gasteiger partial charge in [0.25, 0.3) is 0 Å². The third-order valence-corrected chi connectivity index (χ3v) is 5.08. The van der Waals surface area contributed by atoms with Crippen molar-refractivity contribution in [1.82, 2.24) is 4.90 Å². The highest BCUT2D eigenvalue weighted by molar-refractivity contribution is 5.85. The zero-order valence-corrected chi connectivity index (χ0v) is 15.6. The average Bonchev–Trinajstić information content (AvgIpc) is 2.74. The first-order valence-electron chi connectivity index (χ1n) is 9.65. The van der Waals surface area contributed by atoms with Crippen LogP contribution >= 0.6 is 0 Å². The number of fused-ring (bicyclic) bond motifs is 1. The number of rotatable bonds is 7. The Balaban J connectivity index is 1.56. The van der Waals surface area contributed by atoms with Gasteiger partial charge in [0, 0.05) is 19.6 Å². The molecule has 0 aromatic heterocycles. The van der Waals surface area contributed by atoms with Crippen LogP contribution in [0.25, 0.3) is 10.8 Å². The fourth-order valence-electron chi connectivity index (χ4n) is 3.66. The molecule has 0 unspecified atom stereocenters. The van der Waals surface area contributed by atoms with Crippen LogP contribution in [-0.2, 0) is 19.5 Å². The molecule has 0 aliphatic heterocycles. The molecule has 4 aromatic rings. The Kier molecular flexibility index (Phi) is 5.61. The Bertz CT molecular complexity index is 971. The van der Waals surface area contributed by atoms with Gasteiger partial charge in [-0.1, -0.05) is 103 Å². The Hall–Kier alpha value is -2.90. The number of hydrogen-bond donors (Lipinski definition) is 0. The zero-order chi connectivity index (χ0) is 18.3. The quantitative estimate of drug-likeness (QED) is 0.390. The summed E-state index contributed by atoms with van der Waals surface area (Å²) in [7, 11) is 0. The predicted octanol–water partition coefficient (Wildman–Crippen LogP) is 6.08. The normalized spacial score (nSPS) is 11.1. The van der Waals surface area contributed by atoms with Crippen molar-refractivity contribution in [3.05, 3.63) is 120 Å². The second kappa shape index (κ2) is 8.66. The first-order chi connectivity index (χ1) is 13.4. The van der Waals surface area contributed by atoms with Crippen LogP contribution in [0, 0.1) is 0 Å². The van der Waals surface area contributed by atoms with Gasteiger partial charge in [0.1, 0.15) is 0 Å². The van der Waals surface area contributed by atoms with E-state index in [1.54, 1.807) is 0 Å². The predicted molar refractivity (Wildman–Crippen MR) is 115 cm³/mol. The van der Waals surface area contributed by atoms with Gasteiger partial charge in [-0.2, -0.15) is 0 Å². The van der Waals surface area contributed by atoms with Crippen molar-refractivity contribution >= 4 is 10.8 Å². The van der Waals surface area contributed by atoms with E-state index in [-0.39, 0.29) is 0 Å². The molecule has 134 valence electrons. The second-order valence-electron chi connectivity index (χ2n) is 7.07. The zero-order valence-electron chi connectivity index (χ0n) is 15.6. The molecule has 0 aliphatic carbocycles. The summed E-state index contributed by atoms with van der Waals surface area (Å²) in [6.45, 7) is 2.97. The lowest BCUT2D eigenvalue weighted by Crippen LogP contribution is -2.25. The molecule has 0 atom stereocenters. The van der Waals surface area contributed by atoms with Crippen LogP contribution in [0.5, 0.6) is 0 Å². The van der Waals surface area contributed by atoms with E-state index < -0.39 is 0 Å². The number of nitrogens with zero attached hydrogens (tertiary/aromatic N) is 1. The van der Waals surface area contributed by atoms with E-state index in [0.29, 0.717) is 0 Å². The maximum Gasteiger partial charge on any atom is 0.0243 e. The van der Waals surface area contributed by atoms with Gasteiger partial charge in [-0.15, -0.1) is 0 Å². The van der Waals surface area contributed by atoms with Crippen molar-refractivity contribution < 1.29 is 0 Å². The summed E-state index contributed by atoms with van der Waals surface area (Å²) in [6.07, 6.45) is 1.07. The molecule has 1 heteroatoms. The van der Waals surface area contributed by atoms with Gasteiger partial charge in [0.05, 0.1) is 0 Å². The van der Waals surface area contributed by atoms with Gasteiger partial charge in [0.2, 0.25) is 0 Å². The largest absolute Gasteiger partial charge is 0.294 e. The van der Waals surface area contributed by atoms with E-state index in [1.807, 2.05) is 0 Å². The van der Waals surface area contributed by atoms with Crippen molar-refractivity contribution in [3.63, 3.8) is 0 Å². The highest BCUT2D eigenvalue weighted by Gasteiger charge is 2.10. The summed E-state index contributed by atoms with van der Waals surface area (Å²) < 4.78 is 0. The van der Waals surface area contributed by atoms with E-state index in [1.165, 1.54) is 27.5 Å². The summed E-state index contributed by atoms with van der Waals surface area (Å²) >= 11 is 0. The fourth-order valence-corrected chi connectivity index (χ4v) is 3.66. The molecule has 0 spiro atoms. The molecule has 0 aliphatic rings. The van der Waals surface area contributed by atoms with Crippen LogP contribution in [0.1, 0.15) is 16.7 Å². The van der Waals surface area contributed by atoms with E-state index in [2.05, 4.69) is 108 Å². The third-order valence-electron chi connectivity index (χ3n) is 5.08. The van der Waals surface area contributed by atoms with Crippen molar-refractivity contribution in [3.8, 4) is 0 Å². The van der Waals surface area contributed by atoms with Crippen LogP contribution in [-0.4, -0.2) is 11.4 Å². The summed E-state index contributed by atoms with van der Waals surface area (Å²) in [5.41, 5.74) is 4.16. The summed E-state index contributed by atoms with van der Waals surface area (Å²) in [4.78, 5) is 2.56. The molecule has 0 amide bonds. The lowest BCUT2D eigenvalue weighted by molar-refractivity contribution is 0.261. The monoisotopic (exact) mass is 351 g/mol. The molecule has 27 heavy (non-hydrogen) atoms. The van der Waals surface area contributed by atoms with Crippen LogP contribution in [0.3, 0.4) is 0 Å². The second-order valence-corrected chi connectivity index (χ2v) is 7.07. The summed E-state index contributed by atoms with van der Waals surface area (Å²) in [5, 5.41) is 2.68. The first-order valence-corrected chi connectivity index (χ1v) is 9.65. The molecule has 0 N–H and O–H groups in total. The summed E-state index contributed by atoms with van der Waals surface area (Å²) in [5.74, 6) is 0. The molecule has 0 saturated heterocycles. The van der Waals surface area contributed by atoms with Crippen LogP contribution in [0.4, 0.5) is 0 Å². The molecule has 1 nitrogen and oxygen atoms in total. The number of benzene rings is 4. The molecule has 0 fully saturated rings. The van der Waals surface area contributed by atoms with Crippen molar-refractivity contribution in [2.45, 2.75) is 19.5 Å². The van der Waals surface area contributed by atoms with Gasteiger partial charge in [-0.25, -0.2) is 0 Å². The molecule has 0 saturated carbocycles. The van der Waals surface area contributed by atoms with Crippen molar-refractivity contribution in [2.24, 2.45) is 0 Å². The Morgan fingerprint density at radius 2 is 1.15 bits per heavy atom. The standard InChI is InChI=1S/C26H25N/c1-3-10-22(11-4-1)18-19-27(20-23-12-5-2-6-13-23)21-25-16-9-15-24-14-7-8-17-26(24)25/h1-17H,18-21H2. The maximum atomic E-state index is 2.56. The van der Waals surface area contributed by atoms with Gasteiger partial charge >= 0.3 is 0 Å². The van der Waals surface area contributed by atoms with E-state index in [4.69, 9.17) is 0 Å². The Labute approximate surface area is 161 Å². The Morgan fingerprint density at radius 3 is 1.93 bits per heavy atom. The van der Waals surface area contributed by atoms with Crippen molar-refractivity contribution in [1.29, 1.82) is 0 Å². The molecule has 0 radical (unpaired) electrons. The maximum absolute atomic E-state index is 2.56. The fraction of sp³-hybridized carbons (Fsp3) is 0.154. The molecule has 0 heterocycles. The summed E-state index contributed by atoms with van der Waals surface area (Å²) in [6, 6.07) is 36.9. The molecule has 4 aromatic carbocycles. The van der Waals surface area contributed by atoms with Gasteiger partial charge < -0.3 is 0 Å². The lowest BCUT2D eigenvalue weighted by Gasteiger charge is -2.23. The average molecular weight is 351 g/mol. The van der Waals surface area contributed by atoms with E-state index in [0.717, 1.165) is 26.1 Å². The topological polar surface area (TPSA) is 3.24 Å². The van der Waals surface area contributed by atoms with E-state index >= 15 is 0 Å². The van der Waals surface area contributed by atoms with Gasteiger partial charge in [-0.05, 0) is 33.9 Å². The minimum atomic E-state index is 0.961. The van der Waals surface area contributed by atoms with E-state index in [9.17, 15) is 0 Å². The van der Waals surface area contributed by atoms with Crippen LogP contribution < -0.4 is 0 Å². The first kappa shape index (κ1) is 17.5. The molecular formula is C26H25N. The van der Waals surface area contributed by atoms with Crippen LogP contribution in [0.15, 0.2) is 103 Å². The van der Waals surface area contributed by atoms with Crippen LogP contribution in [0.2, 0.25) is 0 Å². The molecular weight excluding hydrogens is 326 g/mol. The smallest absolute Gasteiger partial charge is 0.0243 e. The SMILES string of the molecule is c1ccc(CCN(Cc2ccccc2)Cc2cccc3ccccc23)cc1. The Morgan fingerprint density at radius 1 is 0.519 bits per heavy atom. The third kappa shape index (κ3) is 4.64. The number of hydrogen-bond acceptors (Lipinski definition) is 1. The van der Waals surface area contributed by atoms with Gasteiger partial charge in [0.15, 0.2) is 0 Å². The minimum Gasteiger partial charge on any atom is -0.294 e. The highest BCUT2D eigenvalue weighted by Crippen LogP contribution is 2.21. The lowest BCUT2D eigenvalue weighted by atomic mass is 10.0. The minimum absolute atomic E-state index is 0.961. The van der Waals surface area contributed by atoms with Crippen molar-refractivity contribution in [2.75, 3.05) is 6.54 Å². The van der Waals surface area contributed by atoms with Gasteiger partial charge in [-0.3, -0.25) is 4.90 Å². The molecule has 4 rings (SSSR count).